The number of fused-ring (bicyclic) bond motifs is 1. The van der Waals surface area contributed by atoms with Gasteiger partial charge in [-0.2, -0.15) is 0 Å². The summed E-state index contributed by atoms with van der Waals surface area (Å²) in [6.07, 6.45) is 5.63. The highest BCUT2D eigenvalue weighted by atomic mass is 16.3. The number of benzene rings is 2. The number of hydrogen-bond donors (Lipinski definition) is 3. The lowest BCUT2D eigenvalue weighted by molar-refractivity contribution is 0.101. The summed E-state index contributed by atoms with van der Waals surface area (Å²) in [6.45, 7) is 3.54. The van der Waals surface area contributed by atoms with Crippen LogP contribution in [0.5, 0.6) is 5.75 Å². The number of aryl methyl sites for hydroxylation is 1. The van der Waals surface area contributed by atoms with Crippen molar-refractivity contribution >= 4 is 22.4 Å². The number of hydrogen-bond acceptors (Lipinski definition) is 5. The number of anilines is 1. The van der Waals surface area contributed by atoms with Gasteiger partial charge in [0.1, 0.15) is 5.75 Å². The zero-order chi connectivity index (χ0) is 20.5. The second-order valence-corrected chi connectivity index (χ2v) is 8.15. The van der Waals surface area contributed by atoms with Gasteiger partial charge in [-0.25, -0.2) is 0 Å². The van der Waals surface area contributed by atoms with E-state index in [1.807, 2.05) is 25.1 Å². The highest BCUT2D eigenvalue weighted by Crippen LogP contribution is 2.34. The summed E-state index contributed by atoms with van der Waals surface area (Å²) < 4.78 is 0. The molecule has 0 atom stereocenters. The Balaban J connectivity index is 1.82. The zero-order valence-electron chi connectivity index (χ0n) is 16.9. The van der Waals surface area contributed by atoms with Crippen LogP contribution in [0, 0.1) is 6.92 Å². The number of phenolic OH excluding ortho intramolecular Hbond substituents is 1. The maximum atomic E-state index is 12.3. The summed E-state index contributed by atoms with van der Waals surface area (Å²) in [4.78, 5) is 16.8. The summed E-state index contributed by atoms with van der Waals surface area (Å²) in [5, 5.41) is 14.6. The van der Waals surface area contributed by atoms with Gasteiger partial charge in [0.15, 0.2) is 5.78 Å². The Morgan fingerprint density at radius 2 is 1.86 bits per heavy atom. The zero-order valence-corrected chi connectivity index (χ0v) is 16.9. The van der Waals surface area contributed by atoms with Crippen molar-refractivity contribution in [2.24, 2.45) is 5.73 Å². The second-order valence-electron chi connectivity index (χ2n) is 8.15. The van der Waals surface area contributed by atoms with E-state index < -0.39 is 0 Å². The van der Waals surface area contributed by atoms with Crippen LogP contribution in [0.15, 0.2) is 42.6 Å². The Morgan fingerprint density at radius 3 is 2.55 bits per heavy atom. The fraction of sp³-hybridized carbons (Fsp3) is 0.333. The molecule has 5 nitrogen and oxygen atoms in total. The molecule has 0 spiro atoms. The normalized spacial score (nSPS) is 19.3. The van der Waals surface area contributed by atoms with E-state index in [0.717, 1.165) is 59.0 Å². The van der Waals surface area contributed by atoms with Crippen LogP contribution in [0.3, 0.4) is 0 Å². The Morgan fingerprint density at radius 1 is 1.10 bits per heavy atom. The number of carbonyl (C=O) groups is 1. The predicted octanol–water partition coefficient (Wildman–Crippen LogP) is 4.80. The minimum atomic E-state index is -0.00647. The molecule has 1 saturated carbocycles. The fourth-order valence-electron chi connectivity index (χ4n) is 4.19. The molecule has 0 unspecified atom stereocenters. The molecule has 1 fully saturated rings. The minimum Gasteiger partial charge on any atom is -0.508 e. The summed E-state index contributed by atoms with van der Waals surface area (Å²) in [5.41, 5.74) is 11.3. The predicted molar refractivity (Wildman–Crippen MR) is 117 cm³/mol. The molecule has 2 aromatic carbocycles. The van der Waals surface area contributed by atoms with Crippen molar-refractivity contribution in [2.45, 2.75) is 51.6 Å². The summed E-state index contributed by atoms with van der Waals surface area (Å²) >= 11 is 0. The van der Waals surface area contributed by atoms with E-state index in [-0.39, 0.29) is 17.6 Å². The quantitative estimate of drug-likeness (QED) is 0.558. The number of nitrogens with two attached hydrogens (primary N) is 1. The number of phenols is 1. The lowest BCUT2D eigenvalue weighted by Crippen LogP contribution is -2.33. The SMILES string of the molecule is CC(=O)c1cnc2ccc(-c3cc(C)cc(O)c3)cc2c1NC1CCC(N)CC1. The van der Waals surface area contributed by atoms with Crippen LogP contribution in [0.25, 0.3) is 22.0 Å². The highest BCUT2D eigenvalue weighted by Gasteiger charge is 2.21. The molecule has 4 N–H and O–H groups in total. The average Bonchev–Trinajstić information content (AvgIpc) is 2.68. The van der Waals surface area contributed by atoms with Crippen molar-refractivity contribution in [1.29, 1.82) is 0 Å². The van der Waals surface area contributed by atoms with Crippen molar-refractivity contribution in [3.05, 3.63) is 53.7 Å². The van der Waals surface area contributed by atoms with Crippen molar-refractivity contribution in [1.82, 2.24) is 4.98 Å². The molecule has 0 saturated heterocycles. The third kappa shape index (κ3) is 4.10. The first-order chi connectivity index (χ1) is 13.9. The lowest BCUT2D eigenvalue weighted by atomic mass is 9.91. The Bertz CT molecular complexity index is 1050. The van der Waals surface area contributed by atoms with Crippen LogP contribution >= 0.6 is 0 Å². The Labute approximate surface area is 171 Å². The number of aromatic nitrogens is 1. The van der Waals surface area contributed by atoms with Gasteiger partial charge in [0.25, 0.3) is 0 Å². The number of carbonyl (C=O) groups excluding carboxylic acids is 1. The first-order valence-electron chi connectivity index (χ1n) is 10.2. The monoisotopic (exact) mass is 389 g/mol. The summed E-state index contributed by atoms with van der Waals surface area (Å²) in [6, 6.07) is 12.1. The topological polar surface area (TPSA) is 88.2 Å². The number of ketones is 1. The number of Topliss-reactive ketones (excluding diaryl/α,β-unsaturated/α-hetero) is 1. The Kier molecular flexibility index (Phi) is 5.24. The molecular formula is C24H27N3O2. The average molecular weight is 389 g/mol. The van der Waals surface area contributed by atoms with Gasteiger partial charge in [-0.3, -0.25) is 9.78 Å². The van der Waals surface area contributed by atoms with E-state index in [1.54, 1.807) is 25.3 Å². The number of pyridine rings is 1. The van der Waals surface area contributed by atoms with Gasteiger partial charge in [-0.05, 0) is 80.5 Å². The van der Waals surface area contributed by atoms with Gasteiger partial charge in [0.2, 0.25) is 0 Å². The standard InChI is InChI=1S/C24H27N3O2/c1-14-9-17(11-20(29)10-14)16-3-8-23-21(12-16)24(22(13-26-23)15(2)28)27-19-6-4-18(25)5-7-19/h3,8-13,18-19,29H,4-7,25H2,1-2H3,(H,26,27). The third-order valence-corrected chi connectivity index (χ3v) is 5.76. The first kappa shape index (κ1) is 19.4. The van der Waals surface area contributed by atoms with E-state index >= 15 is 0 Å². The van der Waals surface area contributed by atoms with Crippen molar-refractivity contribution in [2.75, 3.05) is 5.32 Å². The van der Waals surface area contributed by atoms with Crippen LogP contribution < -0.4 is 11.1 Å². The van der Waals surface area contributed by atoms with Gasteiger partial charge in [0, 0.05) is 23.7 Å². The molecule has 0 bridgehead atoms. The van der Waals surface area contributed by atoms with Gasteiger partial charge < -0.3 is 16.2 Å². The van der Waals surface area contributed by atoms with E-state index in [1.165, 1.54) is 0 Å². The molecular weight excluding hydrogens is 362 g/mol. The molecule has 5 heteroatoms. The molecule has 0 amide bonds. The van der Waals surface area contributed by atoms with Crippen molar-refractivity contribution in [3.8, 4) is 16.9 Å². The van der Waals surface area contributed by atoms with Gasteiger partial charge in [-0.1, -0.05) is 12.1 Å². The number of aromatic hydroxyl groups is 1. The van der Waals surface area contributed by atoms with Crippen LogP contribution in [0.2, 0.25) is 0 Å². The molecule has 4 rings (SSSR count). The van der Waals surface area contributed by atoms with E-state index in [9.17, 15) is 9.90 Å². The maximum Gasteiger partial charge on any atom is 0.163 e. The smallest absolute Gasteiger partial charge is 0.163 e. The van der Waals surface area contributed by atoms with Crippen LogP contribution in [0.1, 0.15) is 48.5 Å². The molecule has 1 aliphatic rings. The van der Waals surface area contributed by atoms with Crippen molar-refractivity contribution in [3.63, 3.8) is 0 Å². The molecule has 29 heavy (non-hydrogen) atoms. The summed E-state index contributed by atoms with van der Waals surface area (Å²) in [7, 11) is 0. The van der Waals surface area contributed by atoms with Crippen molar-refractivity contribution < 1.29 is 9.90 Å². The molecule has 1 aromatic heterocycles. The number of nitrogens with zero attached hydrogens (tertiary/aromatic N) is 1. The molecule has 150 valence electrons. The maximum absolute atomic E-state index is 12.3. The number of rotatable bonds is 4. The molecule has 0 aliphatic heterocycles. The van der Waals surface area contributed by atoms with Gasteiger partial charge >= 0.3 is 0 Å². The first-order valence-corrected chi connectivity index (χ1v) is 10.2. The fourth-order valence-corrected chi connectivity index (χ4v) is 4.19. The van der Waals surface area contributed by atoms with Gasteiger partial charge in [-0.15, -0.1) is 0 Å². The van der Waals surface area contributed by atoms with Gasteiger partial charge in [0.05, 0.1) is 16.8 Å². The number of nitrogens with one attached hydrogen (secondary N) is 1. The largest absolute Gasteiger partial charge is 0.508 e. The second kappa shape index (κ2) is 7.84. The van der Waals surface area contributed by atoms with Crippen LogP contribution in [0.4, 0.5) is 5.69 Å². The molecule has 3 aromatic rings. The van der Waals surface area contributed by atoms with E-state index in [0.29, 0.717) is 11.6 Å². The van der Waals surface area contributed by atoms with Crippen LogP contribution in [-0.2, 0) is 0 Å². The Hall–Kier alpha value is -2.92. The van der Waals surface area contributed by atoms with E-state index in [4.69, 9.17) is 5.73 Å². The van der Waals surface area contributed by atoms with Crippen LogP contribution in [-0.4, -0.2) is 28.0 Å². The molecule has 1 heterocycles. The van der Waals surface area contributed by atoms with E-state index in [2.05, 4.69) is 16.4 Å². The lowest BCUT2D eigenvalue weighted by Gasteiger charge is -2.28. The molecule has 0 radical (unpaired) electrons. The third-order valence-electron chi connectivity index (χ3n) is 5.76. The molecule has 1 aliphatic carbocycles. The summed E-state index contributed by atoms with van der Waals surface area (Å²) in [5.74, 6) is 0.237. The minimum absolute atomic E-state index is 0.00647. The highest BCUT2D eigenvalue weighted by molar-refractivity contribution is 6.07.